The Bertz CT molecular complexity index is 793. The van der Waals surface area contributed by atoms with Crippen LogP contribution in [0.2, 0.25) is 0 Å². The predicted molar refractivity (Wildman–Crippen MR) is 104 cm³/mol. The Balaban J connectivity index is 1.96. The molecule has 0 saturated carbocycles. The second-order valence-corrected chi connectivity index (χ2v) is 6.48. The van der Waals surface area contributed by atoms with Crippen LogP contribution in [0.3, 0.4) is 0 Å². The van der Waals surface area contributed by atoms with E-state index in [0.717, 1.165) is 11.1 Å². The summed E-state index contributed by atoms with van der Waals surface area (Å²) in [6.45, 7) is 1.81. The highest BCUT2D eigenvalue weighted by Gasteiger charge is 2.12. The second kappa shape index (κ2) is 10.9. The molecule has 0 fully saturated rings. The summed E-state index contributed by atoms with van der Waals surface area (Å²) in [5.74, 6) is 1.26. The molecule has 0 N–H and O–H groups in total. The molecule has 0 spiro atoms. The topological polar surface area (TPSA) is 69.3 Å². The van der Waals surface area contributed by atoms with Gasteiger partial charge >= 0.3 is 0 Å². The van der Waals surface area contributed by atoms with Crippen molar-refractivity contribution < 1.29 is 9.47 Å². The van der Waals surface area contributed by atoms with Crippen LogP contribution in [0.1, 0.15) is 24.0 Å². The van der Waals surface area contributed by atoms with Crippen LogP contribution in [0, 0.1) is 28.6 Å². The molecule has 0 aliphatic heterocycles. The SMILES string of the molecule is COc1cc(CN(C)CC(C#N)CCC#N)ccc1OCc1ccccc1. The van der Waals surface area contributed by atoms with Gasteiger partial charge in [0.1, 0.15) is 6.61 Å². The monoisotopic (exact) mass is 363 g/mol. The van der Waals surface area contributed by atoms with Gasteiger partial charge in [0.25, 0.3) is 0 Å². The van der Waals surface area contributed by atoms with Gasteiger partial charge in [0.2, 0.25) is 0 Å². The zero-order chi connectivity index (χ0) is 19.5. The van der Waals surface area contributed by atoms with Gasteiger partial charge in [-0.15, -0.1) is 0 Å². The van der Waals surface area contributed by atoms with Gasteiger partial charge < -0.3 is 14.4 Å². The van der Waals surface area contributed by atoms with Crippen LogP contribution in [0.4, 0.5) is 0 Å². The van der Waals surface area contributed by atoms with Crippen molar-refractivity contribution in [1.82, 2.24) is 4.90 Å². The maximum absolute atomic E-state index is 9.22. The summed E-state index contributed by atoms with van der Waals surface area (Å²) < 4.78 is 11.4. The number of nitrogens with zero attached hydrogens (tertiary/aromatic N) is 3. The minimum Gasteiger partial charge on any atom is -0.493 e. The molecule has 140 valence electrons. The lowest BCUT2D eigenvalue weighted by Crippen LogP contribution is -2.24. The number of ether oxygens (including phenoxy) is 2. The smallest absolute Gasteiger partial charge is 0.161 e. The van der Waals surface area contributed by atoms with Crippen molar-refractivity contribution in [1.29, 1.82) is 10.5 Å². The molecule has 27 heavy (non-hydrogen) atoms. The molecule has 2 aromatic carbocycles. The van der Waals surface area contributed by atoms with Crippen molar-refractivity contribution in [2.45, 2.75) is 26.0 Å². The molecule has 0 heterocycles. The predicted octanol–water partition coefficient (Wildman–Crippen LogP) is 4.15. The third-order valence-electron chi connectivity index (χ3n) is 4.24. The molecule has 0 bridgehead atoms. The van der Waals surface area contributed by atoms with Crippen LogP contribution in [0.5, 0.6) is 11.5 Å². The van der Waals surface area contributed by atoms with Gasteiger partial charge in [-0.2, -0.15) is 10.5 Å². The third-order valence-corrected chi connectivity index (χ3v) is 4.24. The molecular formula is C22H25N3O2. The lowest BCUT2D eigenvalue weighted by atomic mass is 10.0. The number of nitriles is 2. The first kappa shape index (κ1) is 20.3. The Hall–Kier alpha value is -3.02. The Morgan fingerprint density at radius 2 is 1.81 bits per heavy atom. The number of hydrogen-bond acceptors (Lipinski definition) is 5. The molecule has 5 heteroatoms. The summed E-state index contributed by atoms with van der Waals surface area (Å²) in [4.78, 5) is 2.09. The Morgan fingerprint density at radius 1 is 1.04 bits per heavy atom. The largest absolute Gasteiger partial charge is 0.493 e. The minimum atomic E-state index is -0.134. The van der Waals surface area contributed by atoms with Gasteiger partial charge in [0.05, 0.1) is 25.2 Å². The van der Waals surface area contributed by atoms with Crippen LogP contribution < -0.4 is 9.47 Å². The van der Waals surface area contributed by atoms with Crippen LogP contribution in [0.15, 0.2) is 48.5 Å². The van der Waals surface area contributed by atoms with E-state index in [1.807, 2.05) is 55.6 Å². The van der Waals surface area contributed by atoms with Crippen LogP contribution in [0.25, 0.3) is 0 Å². The summed E-state index contributed by atoms with van der Waals surface area (Å²) in [6.07, 6.45) is 1.01. The molecule has 1 unspecified atom stereocenters. The Morgan fingerprint density at radius 3 is 2.48 bits per heavy atom. The zero-order valence-electron chi connectivity index (χ0n) is 15.9. The van der Waals surface area contributed by atoms with E-state index in [2.05, 4.69) is 17.0 Å². The normalized spacial score (nSPS) is 11.4. The fraction of sp³-hybridized carbons (Fsp3) is 0.364. The van der Waals surface area contributed by atoms with Crippen LogP contribution in [-0.2, 0) is 13.2 Å². The lowest BCUT2D eigenvalue weighted by molar-refractivity contribution is 0.279. The van der Waals surface area contributed by atoms with E-state index in [1.54, 1.807) is 7.11 Å². The summed E-state index contributed by atoms with van der Waals surface area (Å²) >= 11 is 0. The quantitative estimate of drug-likeness (QED) is 0.634. The van der Waals surface area contributed by atoms with E-state index < -0.39 is 0 Å². The van der Waals surface area contributed by atoms with Crippen LogP contribution in [-0.4, -0.2) is 25.6 Å². The summed E-state index contributed by atoms with van der Waals surface area (Å²) in [5, 5.41) is 17.9. The fourth-order valence-corrected chi connectivity index (χ4v) is 2.85. The standard InChI is InChI=1S/C22H25N3O2/c1-25(16-20(14-24)9-6-12-23)15-19-10-11-21(22(13-19)26-2)27-17-18-7-4-3-5-8-18/h3-5,7-8,10-11,13,20H,6,9,15-17H2,1-2H3. The van der Waals surface area contributed by atoms with Crippen molar-refractivity contribution in [2.75, 3.05) is 20.7 Å². The van der Waals surface area contributed by atoms with Gasteiger partial charge in [0, 0.05) is 19.5 Å². The van der Waals surface area contributed by atoms with Gasteiger partial charge in [-0.3, -0.25) is 0 Å². The molecule has 0 aliphatic rings. The number of hydrogen-bond donors (Lipinski definition) is 0. The van der Waals surface area contributed by atoms with Crippen molar-refractivity contribution in [3.63, 3.8) is 0 Å². The third kappa shape index (κ3) is 6.66. The lowest BCUT2D eigenvalue weighted by Gasteiger charge is -2.20. The maximum atomic E-state index is 9.22. The minimum absolute atomic E-state index is 0.134. The molecule has 0 aliphatic carbocycles. The highest BCUT2D eigenvalue weighted by atomic mass is 16.5. The van der Waals surface area contributed by atoms with E-state index in [1.165, 1.54) is 0 Å². The summed E-state index contributed by atoms with van der Waals surface area (Å²) in [5.41, 5.74) is 2.18. The molecule has 1 atom stereocenters. The summed E-state index contributed by atoms with van der Waals surface area (Å²) in [7, 11) is 3.61. The Labute approximate surface area is 161 Å². The summed E-state index contributed by atoms with van der Waals surface area (Å²) in [6, 6.07) is 20.3. The van der Waals surface area contributed by atoms with E-state index in [4.69, 9.17) is 14.7 Å². The van der Waals surface area contributed by atoms with Gasteiger partial charge in [0.15, 0.2) is 11.5 Å². The van der Waals surface area contributed by atoms with Crippen molar-refractivity contribution >= 4 is 0 Å². The van der Waals surface area contributed by atoms with E-state index >= 15 is 0 Å². The van der Waals surface area contributed by atoms with Crippen LogP contribution >= 0.6 is 0 Å². The zero-order valence-corrected chi connectivity index (χ0v) is 15.9. The van der Waals surface area contributed by atoms with Crippen molar-refractivity contribution in [3.05, 3.63) is 59.7 Å². The molecule has 0 amide bonds. The molecule has 5 nitrogen and oxygen atoms in total. The molecular weight excluding hydrogens is 338 g/mol. The van der Waals surface area contributed by atoms with Gasteiger partial charge in [-0.1, -0.05) is 36.4 Å². The molecule has 0 saturated heterocycles. The maximum Gasteiger partial charge on any atom is 0.161 e. The van der Waals surface area contributed by atoms with E-state index in [-0.39, 0.29) is 5.92 Å². The first-order valence-corrected chi connectivity index (χ1v) is 8.95. The Kier molecular flexibility index (Phi) is 8.16. The molecule has 2 rings (SSSR count). The second-order valence-electron chi connectivity index (χ2n) is 6.48. The first-order valence-electron chi connectivity index (χ1n) is 8.95. The number of methoxy groups -OCH3 is 1. The molecule has 0 aromatic heterocycles. The average molecular weight is 363 g/mol. The number of rotatable bonds is 10. The highest BCUT2D eigenvalue weighted by molar-refractivity contribution is 5.43. The highest BCUT2D eigenvalue weighted by Crippen LogP contribution is 2.29. The van der Waals surface area contributed by atoms with Gasteiger partial charge in [-0.25, -0.2) is 0 Å². The van der Waals surface area contributed by atoms with Crippen molar-refractivity contribution in [3.8, 4) is 23.6 Å². The van der Waals surface area contributed by atoms with E-state index in [9.17, 15) is 5.26 Å². The first-order chi connectivity index (χ1) is 13.2. The fourth-order valence-electron chi connectivity index (χ4n) is 2.85. The number of benzene rings is 2. The van der Waals surface area contributed by atoms with Gasteiger partial charge in [-0.05, 0) is 36.7 Å². The average Bonchev–Trinajstić information content (AvgIpc) is 2.70. The molecule has 2 aromatic rings. The van der Waals surface area contributed by atoms with Crippen molar-refractivity contribution in [2.24, 2.45) is 5.92 Å². The molecule has 0 radical (unpaired) electrons. The van der Waals surface area contributed by atoms with E-state index in [0.29, 0.717) is 44.0 Å².